The Morgan fingerprint density at radius 3 is 2.25 bits per heavy atom. The fourth-order valence-electron chi connectivity index (χ4n) is 4.50. The summed E-state index contributed by atoms with van der Waals surface area (Å²) in [5.74, 6) is 0.275. The van der Waals surface area contributed by atoms with E-state index < -0.39 is 0 Å². The van der Waals surface area contributed by atoms with Gasteiger partial charge in [-0.3, -0.25) is 14.5 Å². The number of amides is 1. The van der Waals surface area contributed by atoms with E-state index in [1.807, 2.05) is 32.7 Å². The first kappa shape index (κ1) is 19.4. The number of nitrogens with zero attached hydrogens (tertiary/aromatic N) is 2. The molecule has 1 saturated heterocycles. The topological polar surface area (TPSA) is 40.6 Å². The number of Topliss-reactive ketones (excluding diaryl/α,β-unsaturated/α-hetero) is 1. The Bertz CT molecular complexity index is 455. The van der Waals surface area contributed by atoms with Crippen LogP contribution in [0.3, 0.4) is 0 Å². The summed E-state index contributed by atoms with van der Waals surface area (Å²) in [6.07, 6.45) is 6.31. The highest BCUT2D eigenvalue weighted by molar-refractivity contribution is 5.91. The van der Waals surface area contributed by atoms with Crippen LogP contribution >= 0.6 is 0 Å². The van der Waals surface area contributed by atoms with Crippen molar-refractivity contribution in [1.82, 2.24) is 9.80 Å². The highest BCUT2D eigenvalue weighted by Crippen LogP contribution is 2.36. The maximum Gasteiger partial charge on any atom is 0.226 e. The molecule has 24 heavy (non-hydrogen) atoms. The largest absolute Gasteiger partial charge is 0.344 e. The van der Waals surface area contributed by atoms with Crippen molar-refractivity contribution >= 4 is 11.7 Å². The number of rotatable bonds is 5. The lowest BCUT2D eigenvalue weighted by Gasteiger charge is -2.36. The van der Waals surface area contributed by atoms with Crippen LogP contribution in [0, 0.1) is 17.3 Å². The van der Waals surface area contributed by atoms with Gasteiger partial charge in [-0.25, -0.2) is 0 Å². The van der Waals surface area contributed by atoms with Gasteiger partial charge in [-0.1, -0.05) is 40.5 Å². The normalized spacial score (nSPS) is 28.8. The van der Waals surface area contributed by atoms with Gasteiger partial charge in [0, 0.05) is 36.9 Å². The van der Waals surface area contributed by atoms with E-state index in [0.29, 0.717) is 6.04 Å². The fourth-order valence-corrected chi connectivity index (χ4v) is 4.50. The van der Waals surface area contributed by atoms with Crippen LogP contribution in [-0.2, 0) is 9.59 Å². The molecule has 3 atom stereocenters. The van der Waals surface area contributed by atoms with Crippen molar-refractivity contribution in [3.05, 3.63) is 0 Å². The van der Waals surface area contributed by atoms with Gasteiger partial charge >= 0.3 is 0 Å². The average molecular weight is 337 g/mol. The Hall–Kier alpha value is -0.900. The number of carbonyl (C=O) groups excluding carboxylic acids is 2. The number of hydrogen-bond donors (Lipinski definition) is 0. The molecule has 1 saturated carbocycles. The van der Waals surface area contributed by atoms with Crippen LogP contribution in [0.2, 0.25) is 0 Å². The van der Waals surface area contributed by atoms with Crippen LogP contribution < -0.4 is 0 Å². The average Bonchev–Trinajstić information content (AvgIpc) is 2.99. The molecule has 0 spiro atoms. The molecule has 2 aliphatic rings. The molecule has 1 amide bonds. The van der Waals surface area contributed by atoms with Crippen molar-refractivity contribution in [1.29, 1.82) is 0 Å². The van der Waals surface area contributed by atoms with Gasteiger partial charge < -0.3 is 4.90 Å². The van der Waals surface area contributed by atoms with Crippen LogP contribution in [0.15, 0.2) is 0 Å². The molecule has 0 bridgehead atoms. The third-order valence-corrected chi connectivity index (χ3v) is 5.93. The van der Waals surface area contributed by atoms with E-state index >= 15 is 0 Å². The summed E-state index contributed by atoms with van der Waals surface area (Å²) in [5, 5.41) is 0. The zero-order valence-corrected chi connectivity index (χ0v) is 16.3. The minimum Gasteiger partial charge on any atom is -0.344 e. The molecule has 1 aliphatic heterocycles. The molecule has 0 radical (unpaired) electrons. The minimum absolute atomic E-state index is 0.0837. The first-order valence-corrected chi connectivity index (χ1v) is 9.79. The van der Waals surface area contributed by atoms with Crippen molar-refractivity contribution in [2.24, 2.45) is 17.3 Å². The number of ketones is 1. The molecule has 138 valence electrons. The molecule has 0 aromatic carbocycles. The van der Waals surface area contributed by atoms with E-state index in [4.69, 9.17) is 0 Å². The van der Waals surface area contributed by atoms with E-state index in [2.05, 4.69) is 11.8 Å². The summed E-state index contributed by atoms with van der Waals surface area (Å²) in [7, 11) is 1.93. The first-order chi connectivity index (χ1) is 11.3. The van der Waals surface area contributed by atoms with Crippen molar-refractivity contribution in [2.45, 2.75) is 72.3 Å². The van der Waals surface area contributed by atoms with Crippen LogP contribution in [-0.4, -0.2) is 54.2 Å². The molecule has 4 nitrogen and oxygen atoms in total. The van der Waals surface area contributed by atoms with E-state index in [-0.39, 0.29) is 28.9 Å². The monoisotopic (exact) mass is 336 g/mol. The summed E-state index contributed by atoms with van der Waals surface area (Å²) in [5.41, 5.74) is -0.358. The Morgan fingerprint density at radius 2 is 1.67 bits per heavy atom. The van der Waals surface area contributed by atoms with Gasteiger partial charge in [-0.15, -0.1) is 0 Å². The van der Waals surface area contributed by atoms with Gasteiger partial charge in [0.25, 0.3) is 0 Å². The Labute approximate surface area is 148 Å². The first-order valence-electron chi connectivity index (χ1n) is 9.79. The van der Waals surface area contributed by atoms with E-state index in [1.165, 1.54) is 12.8 Å². The highest BCUT2D eigenvalue weighted by atomic mass is 16.2. The second-order valence-electron chi connectivity index (χ2n) is 8.76. The SMILES string of the molecule is CCN1CCC[C@@H]1CN(C)C(=O)[C@@H]1CCCC[C@@H]1C(=O)C(C)(C)C. The smallest absolute Gasteiger partial charge is 0.226 e. The molecular weight excluding hydrogens is 300 g/mol. The standard InChI is InChI=1S/C20H36N2O2/c1-6-22-13-9-10-15(22)14-21(5)19(24)17-12-8-7-11-16(17)18(23)20(2,3)4/h15-17H,6-14H2,1-5H3/t15-,16+,17-/m1/s1. The second kappa shape index (κ2) is 7.99. The van der Waals surface area contributed by atoms with Gasteiger partial charge in [-0.2, -0.15) is 0 Å². The zero-order chi connectivity index (χ0) is 17.9. The summed E-state index contributed by atoms with van der Waals surface area (Å²) in [6, 6.07) is 0.490. The zero-order valence-electron chi connectivity index (χ0n) is 16.3. The van der Waals surface area contributed by atoms with Gasteiger partial charge in [0.1, 0.15) is 5.78 Å². The summed E-state index contributed by atoms with van der Waals surface area (Å²) in [6.45, 7) is 11.1. The quantitative estimate of drug-likeness (QED) is 0.773. The predicted octanol–water partition coefficient (Wildman–Crippen LogP) is 3.35. The molecule has 0 aromatic rings. The summed E-state index contributed by atoms with van der Waals surface area (Å²) in [4.78, 5) is 30.3. The summed E-state index contributed by atoms with van der Waals surface area (Å²) >= 11 is 0. The molecule has 0 unspecified atom stereocenters. The third kappa shape index (κ3) is 4.38. The molecule has 4 heteroatoms. The Morgan fingerprint density at radius 1 is 1.04 bits per heavy atom. The number of carbonyl (C=O) groups is 2. The van der Waals surface area contributed by atoms with Crippen molar-refractivity contribution in [2.75, 3.05) is 26.7 Å². The van der Waals surface area contributed by atoms with E-state index in [0.717, 1.165) is 45.3 Å². The molecule has 1 heterocycles. The van der Waals surface area contributed by atoms with E-state index in [1.54, 1.807) is 0 Å². The maximum absolute atomic E-state index is 13.1. The molecular formula is C20H36N2O2. The van der Waals surface area contributed by atoms with Gasteiger partial charge in [0.05, 0.1) is 0 Å². The van der Waals surface area contributed by atoms with Crippen molar-refractivity contribution < 1.29 is 9.59 Å². The fraction of sp³-hybridized carbons (Fsp3) is 0.900. The van der Waals surface area contributed by atoms with E-state index in [9.17, 15) is 9.59 Å². The lowest BCUT2D eigenvalue weighted by Crippen LogP contribution is -2.47. The second-order valence-corrected chi connectivity index (χ2v) is 8.76. The number of likely N-dealkylation sites (tertiary alicyclic amines) is 1. The molecule has 0 aromatic heterocycles. The Kier molecular flexibility index (Phi) is 6.46. The van der Waals surface area contributed by atoms with Crippen LogP contribution in [0.5, 0.6) is 0 Å². The molecule has 2 fully saturated rings. The lowest BCUT2D eigenvalue weighted by atomic mass is 9.70. The predicted molar refractivity (Wildman–Crippen MR) is 97.8 cm³/mol. The van der Waals surface area contributed by atoms with Crippen molar-refractivity contribution in [3.63, 3.8) is 0 Å². The number of likely N-dealkylation sites (N-methyl/N-ethyl adjacent to an activating group) is 2. The molecule has 0 N–H and O–H groups in total. The lowest BCUT2D eigenvalue weighted by molar-refractivity contribution is -0.145. The highest BCUT2D eigenvalue weighted by Gasteiger charge is 2.41. The van der Waals surface area contributed by atoms with Crippen molar-refractivity contribution in [3.8, 4) is 0 Å². The maximum atomic E-state index is 13.1. The summed E-state index contributed by atoms with van der Waals surface area (Å²) < 4.78 is 0. The molecule has 2 rings (SSSR count). The Balaban J connectivity index is 2.03. The third-order valence-electron chi connectivity index (χ3n) is 5.93. The van der Waals surface area contributed by atoms with Crippen LogP contribution in [0.1, 0.15) is 66.2 Å². The molecule has 1 aliphatic carbocycles. The van der Waals surface area contributed by atoms with Gasteiger partial charge in [0.15, 0.2) is 0 Å². The van der Waals surface area contributed by atoms with Gasteiger partial charge in [0.2, 0.25) is 5.91 Å². The number of hydrogen-bond acceptors (Lipinski definition) is 3. The van der Waals surface area contributed by atoms with Gasteiger partial charge in [-0.05, 0) is 38.8 Å². The van der Waals surface area contributed by atoms with Crippen LogP contribution in [0.25, 0.3) is 0 Å². The minimum atomic E-state index is -0.358. The van der Waals surface area contributed by atoms with Crippen LogP contribution in [0.4, 0.5) is 0 Å².